The molecule has 4 bridgehead atoms. The van der Waals surface area contributed by atoms with Crippen LogP contribution < -0.4 is 5.32 Å². The molecular weight excluding hydrogens is 392 g/mol. The van der Waals surface area contributed by atoms with Crippen LogP contribution >= 0.6 is 23.1 Å². The van der Waals surface area contributed by atoms with Crippen molar-refractivity contribution in [3.63, 3.8) is 0 Å². The quantitative estimate of drug-likeness (QED) is 0.745. The van der Waals surface area contributed by atoms with Gasteiger partial charge < -0.3 is 4.52 Å². The molecule has 8 heteroatoms. The van der Waals surface area contributed by atoms with Gasteiger partial charge in [-0.3, -0.25) is 10.1 Å². The molecular formula is C20H26N4O2S2. The second kappa shape index (κ2) is 7.13. The predicted molar refractivity (Wildman–Crippen MR) is 111 cm³/mol. The number of aryl methyl sites for hydroxylation is 2. The van der Waals surface area contributed by atoms with Crippen LogP contribution in [0, 0.1) is 31.6 Å². The molecule has 4 aliphatic carbocycles. The molecule has 0 unspecified atom stereocenters. The molecule has 0 aromatic carbocycles. The highest BCUT2D eigenvalue weighted by Gasteiger charge is 2.53. The van der Waals surface area contributed by atoms with Gasteiger partial charge in [0, 0.05) is 16.7 Å². The molecule has 2 aromatic rings. The van der Waals surface area contributed by atoms with E-state index in [1.165, 1.54) is 38.5 Å². The zero-order valence-corrected chi connectivity index (χ0v) is 18.0. The van der Waals surface area contributed by atoms with Gasteiger partial charge in [0.2, 0.25) is 11.0 Å². The van der Waals surface area contributed by atoms with Crippen LogP contribution in [-0.2, 0) is 16.0 Å². The Kier molecular flexibility index (Phi) is 4.74. The number of nitrogens with one attached hydrogen (secondary N) is 1. The minimum absolute atomic E-state index is 0.0232. The molecule has 0 atom stereocenters. The molecule has 4 fully saturated rings. The first-order valence-electron chi connectivity index (χ1n) is 10.1. The molecule has 4 aliphatic rings. The normalized spacial score (nSPS) is 30.7. The van der Waals surface area contributed by atoms with Crippen molar-refractivity contribution in [3.8, 4) is 0 Å². The smallest absolute Gasteiger partial charge is 0.236 e. The average molecular weight is 419 g/mol. The fraction of sp³-hybridized carbons (Fsp3) is 0.700. The lowest BCUT2D eigenvalue weighted by Gasteiger charge is -2.55. The summed E-state index contributed by atoms with van der Waals surface area (Å²) in [5, 5.41) is 17.5. The number of aromatic nitrogens is 3. The highest BCUT2D eigenvalue weighted by molar-refractivity contribution is 7.99. The molecule has 4 saturated carbocycles. The van der Waals surface area contributed by atoms with Gasteiger partial charge in [0.05, 0.1) is 11.4 Å². The van der Waals surface area contributed by atoms with Crippen LogP contribution in [-0.4, -0.2) is 27.0 Å². The summed E-state index contributed by atoms with van der Waals surface area (Å²) >= 11 is 3.16. The second-order valence-electron chi connectivity index (χ2n) is 8.95. The molecule has 0 saturated heterocycles. The van der Waals surface area contributed by atoms with Crippen LogP contribution in [0.2, 0.25) is 0 Å². The highest BCUT2D eigenvalue weighted by Crippen LogP contribution is 2.61. The first kappa shape index (κ1) is 18.6. The highest BCUT2D eigenvalue weighted by atomic mass is 32.2. The molecule has 2 heterocycles. The maximum atomic E-state index is 12.3. The third-order valence-electron chi connectivity index (χ3n) is 6.82. The average Bonchev–Trinajstić information content (AvgIpc) is 3.23. The van der Waals surface area contributed by atoms with E-state index in [9.17, 15) is 4.79 Å². The van der Waals surface area contributed by atoms with E-state index in [1.54, 1.807) is 23.1 Å². The van der Waals surface area contributed by atoms with Gasteiger partial charge in [0.25, 0.3) is 0 Å². The van der Waals surface area contributed by atoms with E-state index in [1.807, 2.05) is 13.8 Å². The number of anilines is 1. The number of rotatable bonds is 6. The van der Waals surface area contributed by atoms with Gasteiger partial charge in [-0.15, -0.1) is 22.0 Å². The summed E-state index contributed by atoms with van der Waals surface area (Å²) in [5.74, 6) is 4.57. The SMILES string of the molecule is Cc1noc(C)c1CSCC(=O)Nc1nnc(C23CC4CC(CC(C4)C2)C3)s1. The Morgan fingerprint density at radius 3 is 2.46 bits per heavy atom. The van der Waals surface area contributed by atoms with Gasteiger partial charge in [-0.1, -0.05) is 16.5 Å². The van der Waals surface area contributed by atoms with E-state index >= 15 is 0 Å². The van der Waals surface area contributed by atoms with Crippen LogP contribution in [0.3, 0.4) is 0 Å². The van der Waals surface area contributed by atoms with Crippen molar-refractivity contribution in [2.24, 2.45) is 17.8 Å². The Bertz CT molecular complexity index is 836. The van der Waals surface area contributed by atoms with Crippen LogP contribution in [0.25, 0.3) is 0 Å². The van der Waals surface area contributed by atoms with Gasteiger partial charge in [-0.05, 0) is 70.1 Å². The van der Waals surface area contributed by atoms with E-state index in [2.05, 4.69) is 20.7 Å². The topological polar surface area (TPSA) is 80.9 Å². The molecule has 1 N–H and O–H groups in total. The molecule has 6 rings (SSSR count). The van der Waals surface area contributed by atoms with Crippen molar-refractivity contribution >= 4 is 34.1 Å². The Morgan fingerprint density at radius 2 is 1.86 bits per heavy atom. The summed E-state index contributed by atoms with van der Waals surface area (Å²) in [6.45, 7) is 3.84. The standard InChI is InChI=1S/C20H26N4O2S2/c1-11-16(12(2)26-24-11)9-27-10-17(25)21-19-23-22-18(28-19)20-6-13-3-14(7-20)5-15(4-13)8-20/h13-15H,3-10H2,1-2H3,(H,21,23,25). The summed E-state index contributed by atoms with van der Waals surface area (Å²) in [7, 11) is 0. The van der Waals surface area contributed by atoms with E-state index in [4.69, 9.17) is 4.52 Å². The van der Waals surface area contributed by atoms with Crippen LogP contribution in [0.15, 0.2) is 4.52 Å². The monoisotopic (exact) mass is 418 g/mol. The summed E-state index contributed by atoms with van der Waals surface area (Å²) < 4.78 is 5.17. The number of nitrogens with zero attached hydrogens (tertiary/aromatic N) is 3. The van der Waals surface area contributed by atoms with E-state index in [0.717, 1.165) is 45.5 Å². The predicted octanol–water partition coefficient (Wildman–Crippen LogP) is 4.48. The molecule has 28 heavy (non-hydrogen) atoms. The maximum Gasteiger partial charge on any atom is 0.236 e. The van der Waals surface area contributed by atoms with Gasteiger partial charge in [-0.2, -0.15) is 0 Å². The minimum atomic E-state index is -0.0232. The molecule has 0 aliphatic heterocycles. The first-order valence-corrected chi connectivity index (χ1v) is 12.1. The second-order valence-corrected chi connectivity index (χ2v) is 10.9. The molecule has 0 spiro atoms. The third kappa shape index (κ3) is 3.38. The van der Waals surface area contributed by atoms with Crippen molar-refractivity contribution in [2.75, 3.05) is 11.1 Å². The molecule has 0 radical (unpaired) electrons. The van der Waals surface area contributed by atoms with Crippen molar-refractivity contribution in [1.82, 2.24) is 15.4 Å². The summed E-state index contributed by atoms with van der Waals surface area (Å²) in [5.41, 5.74) is 2.22. The summed E-state index contributed by atoms with van der Waals surface area (Å²) in [6, 6.07) is 0. The molecule has 150 valence electrons. The van der Waals surface area contributed by atoms with Crippen molar-refractivity contribution in [1.29, 1.82) is 0 Å². The molecule has 2 aromatic heterocycles. The van der Waals surface area contributed by atoms with Gasteiger partial charge >= 0.3 is 0 Å². The lowest BCUT2D eigenvalue weighted by Crippen LogP contribution is -2.48. The van der Waals surface area contributed by atoms with Gasteiger partial charge in [-0.25, -0.2) is 0 Å². The lowest BCUT2D eigenvalue weighted by molar-refractivity contribution is -0.113. The fourth-order valence-electron chi connectivity index (χ4n) is 5.97. The fourth-order valence-corrected chi connectivity index (χ4v) is 7.92. The number of thioether (sulfide) groups is 1. The summed E-state index contributed by atoms with van der Waals surface area (Å²) in [4.78, 5) is 12.3. The Labute approximate surface area is 173 Å². The van der Waals surface area contributed by atoms with Crippen molar-refractivity contribution in [2.45, 2.75) is 63.5 Å². The Hall–Kier alpha value is -1.41. The largest absolute Gasteiger partial charge is 0.361 e. The lowest BCUT2D eigenvalue weighted by atomic mass is 9.50. The van der Waals surface area contributed by atoms with Gasteiger partial charge in [0.1, 0.15) is 10.8 Å². The number of hydrogen-bond acceptors (Lipinski definition) is 7. The first-order chi connectivity index (χ1) is 13.5. The van der Waals surface area contributed by atoms with E-state index in [0.29, 0.717) is 10.9 Å². The summed E-state index contributed by atoms with van der Waals surface area (Å²) in [6.07, 6.45) is 8.08. The van der Waals surface area contributed by atoms with E-state index < -0.39 is 0 Å². The molecule has 1 amide bonds. The number of carbonyl (C=O) groups excluding carboxylic acids is 1. The van der Waals surface area contributed by atoms with Crippen LogP contribution in [0.1, 0.15) is 60.6 Å². The minimum Gasteiger partial charge on any atom is -0.361 e. The van der Waals surface area contributed by atoms with Gasteiger partial charge in [0.15, 0.2) is 0 Å². The number of hydrogen-bond donors (Lipinski definition) is 1. The Morgan fingerprint density at radius 1 is 1.18 bits per heavy atom. The van der Waals surface area contributed by atoms with Crippen LogP contribution in [0.5, 0.6) is 0 Å². The van der Waals surface area contributed by atoms with Crippen molar-refractivity contribution in [3.05, 3.63) is 22.0 Å². The zero-order chi connectivity index (χ0) is 19.3. The number of carbonyl (C=O) groups is 1. The maximum absolute atomic E-state index is 12.3. The third-order valence-corrected chi connectivity index (χ3v) is 8.87. The zero-order valence-electron chi connectivity index (χ0n) is 16.4. The van der Waals surface area contributed by atoms with E-state index in [-0.39, 0.29) is 11.3 Å². The number of amides is 1. The Balaban J connectivity index is 1.18. The van der Waals surface area contributed by atoms with Crippen molar-refractivity contribution < 1.29 is 9.32 Å². The molecule has 6 nitrogen and oxygen atoms in total. The van der Waals surface area contributed by atoms with Crippen LogP contribution in [0.4, 0.5) is 5.13 Å².